The number of hydrogen-bond donors (Lipinski definition) is 1. The molecule has 0 aromatic heterocycles. The summed E-state index contributed by atoms with van der Waals surface area (Å²) in [6, 6.07) is 2.35. The lowest BCUT2D eigenvalue weighted by molar-refractivity contribution is -0.385. The predicted octanol–water partition coefficient (Wildman–Crippen LogP) is 2.73. The van der Waals surface area contributed by atoms with Crippen LogP contribution in [0, 0.1) is 16.0 Å². The van der Waals surface area contributed by atoms with Gasteiger partial charge in [0, 0.05) is 23.3 Å². The molecule has 1 aliphatic heterocycles. The number of aliphatic imine (C=N–C) groups is 1. The first kappa shape index (κ1) is 20.0. The van der Waals surface area contributed by atoms with Gasteiger partial charge in [-0.25, -0.2) is 4.99 Å². The maximum absolute atomic E-state index is 12.7. The van der Waals surface area contributed by atoms with Crippen LogP contribution in [-0.4, -0.2) is 36.7 Å². The molecule has 1 aliphatic carbocycles. The first-order valence-electron chi connectivity index (χ1n) is 8.68. The van der Waals surface area contributed by atoms with Crippen LogP contribution >= 0.6 is 0 Å². The molecular weight excluding hydrogens is 378 g/mol. The molecule has 1 aromatic carbocycles. The summed E-state index contributed by atoms with van der Waals surface area (Å²) in [7, 11) is 2.71. The van der Waals surface area contributed by atoms with Crippen molar-refractivity contribution in [2.75, 3.05) is 14.2 Å². The zero-order valence-corrected chi connectivity index (χ0v) is 16.3. The van der Waals surface area contributed by atoms with Gasteiger partial charge >= 0.3 is 0 Å². The Hall–Kier alpha value is -3.75. The Bertz CT molecular complexity index is 1050. The zero-order chi connectivity index (χ0) is 21.3. The van der Waals surface area contributed by atoms with Crippen molar-refractivity contribution in [1.29, 1.82) is 0 Å². The smallest absolute Gasteiger partial charge is 0.286 e. The number of carbonyl (C=O) groups is 2. The van der Waals surface area contributed by atoms with Crippen molar-refractivity contribution in [2.45, 2.75) is 13.8 Å². The third-order valence-corrected chi connectivity index (χ3v) is 4.91. The van der Waals surface area contributed by atoms with Gasteiger partial charge in [-0.15, -0.1) is 0 Å². The topological polar surface area (TPSA) is 120 Å². The molecule has 29 heavy (non-hydrogen) atoms. The first-order valence-corrected chi connectivity index (χ1v) is 8.68. The van der Waals surface area contributed by atoms with Gasteiger partial charge < -0.3 is 14.8 Å². The molecule has 9 nitrogen and oxygen atoms in total. The van der Waals surface area contributed by atoms with E-state index in [4.69, 9.17) is 9.47 Å². The molecule has 0 saturated carbocycles. The highest BCUT2D eigenvalue weighted by Crippen LogP contribution is 2.35. The van der Waals surface area contributed by atoms with Gasteiger partial charge in [0.25, 0.3) is 17.5 Å². The summed E-state index contributed by atoms with van der Waals surface area (Å²) in [5.74, 6) is -0.805. The molecule has 1 N–H and O–H groups in total. The van der Waals surface area contributed by atoms with Gasteiger partial charge in [-0.05, 0) is 26.0 Å². The number of nitro benzene ring substituents is 1. The molecule has 1 heterocycles. The van der Waals surface area contributed by atoms with Crippen LogP contribution in [0.25, 0.3) is 0 Å². The van der Waals surface area contributed by atoms with E-state index in [-0.39, 0.29) is 34.6 Å². The molecule has 0 spiro atoms. The third-order valence-electron chi connectivity index (χ3n) is 4.91. The minimum atomic E-state index is -0.807. The van der Waals surface area contributed by atoms with E-state index in [0.29, 0.717) is 11.3 Å². The fraction of sp³-hybridized carbons (Fsp3) is 0.250. The van der Waals surface area contributed by atoms with E-state index in [1.807, 2.05) is 13.0 Å². The molecule has 2 amide bonds. The SMILES string of the molecule is COc1cc(C(=O)N=C2C=CC3C(=C2)NC(=O)C(C)=C3C)c([N+](=O)[O-])cc1OC. The van der Waals surface area contributed by atoms with Gasteiger partial charge in [-0.1, -0.05) is 11.6 Å². The number of methoxy groups -OCH3 is 2. The van der Waals surface area contributed by atoms with Crippen LogP contribution in [0.15, 0.2) is 52.2 Å². The number of benzene rings is 1. The number of rotatable bonds is 4. The number of nitro groups is 1. The fourth-order valence-electron chi connectivity index (χ4n) is 3.16. The molecule has 9 heteroatoms. The molecule has 2 aliphatic rings. The summed E-state index contributed by atoms with van der Waals surface area (Å²) in [6.07, 6.45) is 5.05. The van der Waals surface area contributed by atoms with E-state index in [1.54, 1.807) is 19.1 Å². The maximum Gasteiger partial charge on any atom is 0.286 e. The number of hydrogen-bond acceptors (Lipinski definition) is 6. The third kappa shape index (κ3) is 3.66. The van der Waals surface area contributed by atoms with Crippen LogP contribution in [0.2, 0.25) is 0 Å². The second-order valence-corrected chi connectivity index (χ2v) is 6.52. The second kappa shape index (κ2) is 7.70. The van der Waals surface area contributed by atoms with Crippen LogP contribution in [-0.2, 0) is 4.79 Å². The lowest BCUT2D eigenvalue weighted by Crippen LogP contribution is -2.35. The lowest BCUT2D eigenvalue weighted by atomic mass is 9.85. The lowest BCUT2D eigenvalue weighted by Gasteiger charge is -2.28. The molecule has 1 unspecified atom stereocenters. The van der Waals surface area contributed by atoms with Crippen LogP contribution in [0.3, 0.4) is 0 Å². The molecule has 0 saturated heterocycles. The summed E-state index contributed by atoms with van der Waals surface area (Å²) in [5.41, 5.74) is 1.77. The fourth-order valence-corrected chi connectivity index (χ4v) is 3.16. The molecule has 1 aromatic rings. The van der Waals surface area contributed by atoms with Crippen molar-refractivity contribution in [3.8, 4) is 11.5 Å². The Morgan fingerprint density at radius 2 is 1.86 bits per heavy atom. The predicted molar refractivity (Wildman–Crippen MR) is 105 cm³/mol. The van der Waals surface area contributed by atoms with E-state index in [1.165, 1.54) is 20.3 Å². The highest BCUT2D eigenvalue weighted by Gasteiger charge is 2.28. The van der Waals surface area contributed by atoms with Crippen LogP contribution in [0.4, 0.5) is 5.69 Å². The minimum Gasteiger partial charge on any atom is -0.493 e. The van der Waals surface area contributed by atoms with E-state index in [0.717, 1.165) is 11.6 Å². The molecular formula is C20H19N3O6. The first-order chi connectivity index (χ1) is 13.8. The number of nitrogens with zero attached hydrogens (tertiary/aromatic N) is 2. The minimum absolute atomic E-state index is 0.0998. The summed E-state index contributed by atoms with van der Waals surface area (Å²) < 4.78 is 10.2. The summed E-state index contributed by atoms with van der Waals surface area (Å²) in [4.78, 5) is 39.4. The van der Waals surface area contributed by atoms with Gasteiger partial charge in [0.05, 0.1) is 30.9 Å². The quantitative estimate of drug-likeness (QED) is 0.616. The molecule has 0 fully saturated rings. The van der Waals surface area contributed by atoms with E-state index < -0.39 is 16.5 Å². The Labute approximate surface area is 166 Å². The number of nitrogens with one attached hydrogen (secondary N) is 1. The highest BCUT2D eigenvalue weighted by atomic mass is 16.6. The number of fused-ring (bicyclic) bond motifs is 1. The second-order valence-electron chi connectivity index (χ2n) is 6.52. The van der Waals surface area contributed by atoms with Crippen molar-refractivity contribution >= 4 is 23.2 Å². The van der Waals surface area contributed by atoms with Crippen molar-refractivity contribution in [3.05, 3.63) is 62.9 Å². The average Bonchev–Trinajstić information content (AvgIpc) is 2.70. The number of allylic oxidation sites excluding steroid dienone is 3. The Morgan fingerprint density at radius 1 is 1.21 bits per heavy atom. The van der Waals surface area contributed by atoms with Crippen molar-refractivity contribution in [2.24, 2.45) is 10.9 Å². The van der Waals surface area contributed by atoms with Crippen LogP contribution in [0.1, 0.15) is 24.2 Å². The van der Waals surface area contributed by atoms with Gasteiger partial charge in [-0.3, -0.25) is 19.7 Å². The van der Waals surface area contributed by atoms with Crippen molar-refractivity contribution < 1.29 is 24.0 Å². The van der Waals surface area contributed by atoms with E-state index in [9.17, 15) is 19.7 Å². The average molecular weight is 397 g/mol. The monoisotopic (exact) mass is 397 g/mol. The summed E-state index contributed by atoms with van der Waals surface area (Å²) in [5, 5.41) is 14.2. The number of amides is 2. The van der Waals surface area contributed by atoms with E-state index >= 15 is 0 Å². The zero-order valence-electron chi connectivity index (χ0n) is 16.3. The molecule has 150 valence electrons. The Kier molecular flexibility index (Phi) is 5.31. The molecule has 1 atom stereocenters. The Balaban J connectivity index is 2.00. The summed E-state index contributed by atoms with van der Waals surface area (Å²) >= 11 is 0. The van der Waals surface area contributed by atoms with Crippen LogP contribution in [0.5, 0.6) is 11.5 Å². The maximum atomic E-state index is 12.7. The van der Waals surface area contributed by atoms with Crippen LogP contribution < -0.4 is 14.8 Å². The summed E-state index contributed by atoms with van der Waals surface area (Å²) in [6.45, 7) is 3.62. The standard InChI is InChI=1S/C20H19N3O6/c1-10-11(2)19(24)22-15-7-12(5-6-13(10)15)21-20(25)14-8-17(28-3)18(29-4)9-16(14)23(26)27/h5-9,13H,1-4H3,(H,22,24). The largest absolute Gasteiger partial charge is 0.493 e. The van der Waals surface area contributed by atoms with Gasteiger partial charge in [0.15, 0.2) is 11.5 Å². The Morgan fingerprint density at radius 3 is 2.48 bits per heavy atom. The molecule has 0 bridgehead atoms. The van der Waals surface area contributed by atoms with Gasteiger partial charge in [0.2, 0.25) is 0 Å². The van der Waals surface area contributed by atoms with Crippen molar-refractivity contribution in [3.63, 3.8) is 0 Å². The molecule has 0 radical (unpaired) electrons. The molecule has 3 rings (SSSR count). The van der Waals surface area contributed by atoms with Gasteiger partial charge in [0.1, 0.15) is 5.56 Å². The van der Waals surface area contributed by atoms with E-state index in [2.05, 4.69) is 10.3 Å². The number of carbonyl (C=O) groups excluding carboxylic acids is 2. The highest BCUT2D eigenvalue weighted by molar-refractivity contribution is 6.15. The van der Waals surface area contributed by atoms with Gasteiger partial charge in [-0.2, -0.15) is 0 Å². The van der Waals surface area contributed by atoms with Crippen molar-refractivity contribution in [1.82, 2.24) is 5.32 Å². The normalized spacial score (nSPS) is 19.4. The number of ether oxygens (including phenoxy) is 2.